The van der Waals surface area contributed by atoms with E-state index in [1.165, 1.54) is 11.3 Å². The Labute approximate surface area is 131 Å². The molecule has 3 rings (SSSR count). The molecule has 0 amide bonds. The number of rotatable bonds is 5. The highest BCUT2D eigenvalue weighted by molar-refractivity contribution is 7.19. The van der Waals surface area contributed by atoms with E-state index in [-0.39, 0.29) is 0 Å². The van der Waals surface area contributed by atoms with Crippen molar-refractivity contribution in [3.63, 3.8) is 0 Å². The number of aromatic carboxylic acids is 1. The topological polar surface area (TPSA) is 63.8 Å². The number of benzene rings is 1. The molecule has 22 heavy (non-hydrogen) atoms. The molecule has 0 saturated heterocycles. The van der Waals surface area contributed by atoms with E-state index in [4.69, 9.17) is 4.74 Å². The smallest absolute Gasteiger partial charge is 0.347 e. The number of thiazole rings is 1. The van der Waals surface area contributed by atoms with Gasteiger partial charge in [-0.15, -0.1) is 0 Å². The van der Waals surface area contributed by atoms with E-state index in [9.17, 15) is 9.90 Å². The summed E-state index contributed by atoms with van der Waals surface area (Å²) in [6, 6.07) is 7.67. The number of aromatic nitrogens is 2. The van der Waals surface area contributed by atoms with Gasteiger partial charge in [-0.2, -0.15) is 0 Å². The summed E-state index contributed by atoms with van der Waals surface area (Å²) in [6.45, 7) is 2.03. The molecule has 0 saturated carbocycles. The Hall–Kier alpha value is -2.34. The van der Waals surface area contributed by atoms with Crippen LogP contribution in [0.3, 0.4) is 0 Å². The van der Waals surface area contributed by atoms with Gasteiger partial charge in [0.2, 0.25) is 0 Å². The summed E-state index contributed by atoms with van der Waals surface area (Å²) >= 11 is 1.21. The van der Waals surface area contributed by atoms with Crippen LogP contribution in [0.25, 0.3) is 16.2 Å². The molecule has 0 spiro atoms. The van der Waals surface area contributed by atoms with Crippen molar-refractivity contribution in [1.29, 1.82) is 0 Å². The summed E-state index contributed by atoms with van der Waals surface area (Å²) < 4.78 is 7.26. The standard InChI is InChI=1S/C16H16N2O3S/c1-3-6-12-14(15(19)20)22-16-17-11(9-18(12)16)10-7-4-5-8-13(10)21-2/h4-5,7-9H,3,6H2,1-2H3,(H,19,20). The molecule has 5 nitrogen and oxygen atoms in total. The maximum absolute atomic E-state index is 11.4. The van der Waals surface area contributed by atoms with Crippen molar-refractivity contribution >= 4 is 22.3 Å². The fourth-order valence-electron chi connectivity index (χ4n) is 2.51. The third-order valence-corrected chi connectivity index (χ3v) is 4.57. The van der Waals surface area contributed by atoms with Gasteiger partial charge in [-0.05, 0) is 18.6 Å². The third-order valence-electron chi connectivity index (χ3n) is 3.48. The van der Waals surface area contributed by atoms with E-state index in [1.54, 1.807) is 7.11 Å². The van der Waals surface area contributed by atoms with Gasteiger partial charge in [0.15, 0.2) is 4.96 Å². The van der Waals surface area contributed by atoms with Gasteiger partial charge in [0.05, 0.1) is 12.8 Å². The van der Waals surface area contributed by atoms with Crippen LogP contribution in [0, 0.1) is 0 Å². The van der Waals surface area contributed by atoms with E-state index < -0.39 is 5.97 Å². The molecule has 114 valence electrons. The summed E-state index contributed by atoms with van der Waals surface area (Å²) in [5.74, 6) is -0.137. The number of nitrogens with zero attached hydrogens (tertiary/aromatic N) is 2. The Morgan fingerprint density at radius 1 is 1.41 bits per heavy atom. The van der Waals surface area contributed by atoms with Gasteiger partial charge in [0, 0.05) is 17.5 Å². The Balaban J connectivity index is 2.16. The minimum atomic E-state index is -0.891. The maximum atomic E-state index is 11.4. The van der Waals surface area contributed by atoms with Crippen molar-refractivity contribution in [2.75, 3.05) is 7.11 Å². The van der Waals surface area contributed by atoms with Crippen LogP contribution in [0.1, 0.15) is 28.7 Å². The highest BCUT2D eigenvalue weighted by Crippen LogP contribution is 2.32. The zero-order valence-corrected chi connectivity index (χ0v) is 13.2. The first-order valence-corrected chi connectivity index (χ1v) is 7.84. The first-order valence-electron chi connectivity index (χ1n) is 7.03. The Morgan fingerprint density at radius 2 is 2.18 bits per heavy atom. The van der Waals surface area contributed by atoms with E-state index in [1.807, 2.05) is 41.8 Å². The first kappa shape index (κ1) is 14.6. The van der Waals surface area contributed by atoms with Crippen LogP contribution >= 0.6 is 11.3 Å². The van der Waals surface area contributed by atoms with Crippen molar-refractivity contribution in [2.24, 2.45) is 0 Å². The van der Waals surface area contributed by atoms with Gasteiger partial charge in [0.1, 0.15) is 10.6 Å². The molecule has 0 aliphatic carbocycles. The molecule has 0 aliphatic heterocycles. The molecule has 3 aromatic rings. The van der Waals surface area contributed by atoms with E-state index in [0.29, 0.717) is 16.3 Å². The highest BCUT2D eigenvalue weighted by Gasteiger charge is 2.20. The molecule has 0 unspecified atom stereocenters. The molecule has 0 aliphatic rings. The molecule has 2 aromatic heterocycles. The van der Waals surface area contributed by atoms with Crippen LogP contribution in [0.15, 0.2) is 30.5 Å². The Kier molecular flexibility index (Phi) is 3.85. The van der Waals surface area contributed by atoms with Gasteiger partial charge in [-0.25, -0.2) is 9.78 Å². The van der Waals surface area contributed by atoms with Crippen LogP contribution in [0.5, 0.6) is 5.75 Å². The summed E-state index contributed by atoms with van der Waals surface area (Å²) in [5, 5.41) is 9.33. The fourth-order valence-corrected chi connectivity index (χ4v) is 3.51. The first-order chi connectivity index (χ1) is 10.7. The van der Waals surface area contributed by atoms with Crippen LogP contribution in [0.2, 0.25) is 0 Å². The predicted molar refractivity (Wildman–Crippen MR) is 86.0 cm³/mol. The van der Waals surface area contributed by atoms with Crippen LogP contribution in [-0.4, -0.2) is 27.6 Å². The van der Waals surface area contributed by atoms with Crippen molar-refractivity contribution in [3.05, 3.63) is 41.0 Å². The number of carboxylic acids is 1. The molecule has 0 fully saturated rings. The second-order valence-corrected chi connectivity index (χ2v) is 5.89. The third kappa shape index (κ3) is 2.35. The number of carboxylic acid groups (broad SMARTS) is 1. The maximum Gasteiger partial charge on any atom is 0.347 e. The number of hydrogen-bond donors (Lipinski definition) is 1. The van der Waals surface area contributed by atoms with Crippen molar-refractivity contribution in [3.8, 4) is 17.0 Å². The predicted octanol–water partition coefficient (Wildman–Crippen LogP) is 3.72. The zero-order chi connectivity index (χ0) is 15.7. The largest absolute Gasteiger partial charge is 0.496 e. The molecular formula is C16H16N2O3S. The molecule has 0 radical (unpaired) electrons. The lowest BCUT2D eigenvalue weighted by molar-refractivity contribution is 0.0700. The van der Waals surface area contributed by atoms with Gasteiger partial charge in [-0.1, -0.05) is 36.8 Å². The molecule has 1 aromatic carbocycles. The van der Waals surface area contributed by atoms with E-state index >= 15 is 0 Å². The second kappa shape index (κ2) is 5.81. The molecule has 0 atom stereocenters. The number of aryl methyl sites for hydroxylation is 1. The quantitative estimate of drug-likeness (QED) is 0.779. The summed E-state index contributed by atoms with van der Waals surface area (Å²) in [6.07, 6.45) is 3.48. The monoisotopic (exact) mass is 316 g/mol. The Bertz CT molecular complexity index is 835. The number of hydrogen-bond acceptors (Lipinski definition) is 4. The minimum absolute atomic E-state index is 0.371. The molecule has 2 heterocycles. The number of para-hydroxylation sites is 1. The van der Waals surface area contributed by atoms with Crippen molar-refractivity contribution in [2.45, 2.75) is 19.8 Å². The van der Waals surface area contributed by atoms with Gasteiger partial charge < -0.3 is 9.84 Å². The molecular weight excluding hydrogens is 300 g/mol. The Morgan fingerprint density at radius 3 is 2.86 bits per heavy atom. The van der Waals surface area contributed by atoms with Crippen LogP contribution < -0.4 is 4.74 Å². The normalized spacial score (nSPS) is 11.0. The molecule has 1 N–H and O–H groups in total. The number of fused-ring (bicyclic) bond motifs is 1. The SMILES string of the molecule is CCCc1c(C(=O)O)sc2nc(-c3ccccc3OC)cn12. The number of carbonyl (C=O) groups is 1. The summed E-state index contributed by atoms with van der Waals surface area (Å²) in [7, 11) is 1.63. The lowest BCUT2D eigenvalue weighted by Crippen LogP contribution is -2.00. The van der Waals surface area contributed by atoms with E-state index in [0.717, 1.165) is 29.1 Å². The average molecular weight is 316 g/mol. The fraction of sp³-hybridized carbons (Fsp3) is 0.250. The van der Waals surface area contributed by atoms with Crippen LogP contribution in [0.4, 0.5) is 0 Å². The molecule has 0 bridgehead atoms. The van der Waals surface area contributed by atoms with Gasteiger partial charge >= 0.3 is 5.97 Å². The summed E-state index contributed by atoms with van der Waals surface area (Å²) in [5.41, 5.74) is 2.50. The lowest BCUT2D eigenvalue weighted by atomic mass is 10.1. The van der Waals surface area contributed by atoms with Crippen molar-refractivity contribution in [1.82, 2.24) is 9.38 Å². The number of methoxy groups -OCH3 is 1. The number of imidazole rings is 1. The highest BCUT2D eigenvalue weighted by atomic mass is 32.1. The van der Waals surface area contributed by atoms with Crippen molar-refractivity contribution < 1.29 is 14.6 Å². The van der Waals surface area contributed by atoms with E-state index in [2.05, 4.69) is 4.98 Å². The average Bonchev–Trinajstić information content (AvgIpc) is 3.07. The molecule has 6 heteroatoms. The van der Waals surface area contributed by atoms with Gasteiger partial charge in [0.25, 0.3) is 0 Å². The number of ether oxygens (including phenoxy) is 1. The lowest BCUT2D eigenvalue weighted by Gasteiger charge is -2.05. The minimum Gasteiger partial charge on any atom is -0.496 e. The summed E-state index contributed by atoms with van der Waals surface area (Å²) in [4.78, 5) is 17.0. The van der Waals surface area contributed by atoms with Crippen LogP contribution in [-0.2, 0) is 6.42 Å². The zero-order valence-electron chi connectivity index (χ0n) is 12.4. The van der Waals surface area contributed by atoms with Gasteiger partial charge in [-0.3, -0.25) is 4.40 Å². The second-order valence-electron chi connectivity index (χ2n) is 4.91.